The Hall–Kier alpha value is -0.720. The molecular formula is C8H9BrN4S. The largest absolute Gasteiger partial charge is 0.326 e. The molecule has 0 aromatic carbocycles. The van der Waals surface area contributed by atoms with E-state index in [1.807, 2.05) is 19.2 Å². The van der Waals surface area contributed by atoms with Crippen molar-refractivity contribution in [3.8, 4) is 10.6 Å². The lowest BCUT2D eigenvalue weighted by Gasteiger charge is -1.96. The summed E-state index contributed by atoms with van der Waals surface area (Å²) >= 11 is 5.03. The Morgan fingerprint density at radius 2 is 2.36 bits per heavy atom. The summed E-state index contributed by atoms with van der Waals surface area (Å²) in [5.74, 6) is 0. The van der Waals surface area contributed by atoms with Gasteiger partial charge in [-0.15, -0.1) is 16.4 Å². The van der Waals surface area contributed by atoms with E-state index in [2.05, 4.69) is 26.2 Å². The van der Waals surface area contributed by atoms with E-state index < -0.39 is 0 Å². The molecule has 0 radical (unpaired) electrons. The molecule has 2 heterocycles. The highest BCUT2D eigenvalue weighted by Crippen LogP contribution is 2.31. The maximum absolute atomic E-state index is 5.55. The zero-order valence-electron chi connectivity index (χ0n) is 7.57. The van der Waals surface area contributed by atoms with Crippen LogP contribution in [0.15, 0.2) is 16.7 Å². The van der Waals surface area contributed by atoms with Crippen LogP contribution < -0.4 is 5.73 Å². The van der Waals surface area contributed by atoms with Crippen molar-refractivity contribution in [1.29, 1.82) is 0 Å². The minimum Gasteiger partial charge on any atom is -0.326 e. The molecule has 2 aromatic rings. The minimum absolute atomic E-state index is 0.577. The Balaban J connectivity index is 2.48. The second-order valence-corrected chi connectivity index (χ2v) is 4.74. The van der Waals surface area contributed by atoms with Crippen LogP contribution in [0.2, 0.25) is 0 Å². The number of thiophene rings is 1. The van der Waals surface area contributed by atoms with Gasteiger partial charge in [0.2, 0.25) is 0 Å². The number of rotatable bonds is 2. The van der Waals surface area contributed by atoms with E-state index in [9.17, 15) is 0 Å². The van der Waals surface area contributed by atoms with Gasteiger partial charge in [-0.3, -0.25) is 0 Å². The molecule has 4 nitrogen and oxygen atoms in total. The van der Waals surface area contributed by atoms with Gasteiger partial charge in [0.25, 0.3) is 0 Å². The summed E-state index contributed by atoms with van der Waals surface area (Å²) in [6.45, 7) is 0.577. The predicted octanol–water partition coefficient (Wildman–Crippen LogP) is 1.76. The summed E-state index contributed by atoms with van der Waals surface area (Å²) in [6.07, 6.45) is 0. The van der Waals surface area contributed by atoms with Crippen molar-refractivity contribution in [3.63, 3.8) is 0 Å². The van der Waals surface area contributed by atoms with Gasteiger partial charge in [-0.1, -0.05) is 5.21 Å². The second-order valence-electron chi connectivity index (χ2n) is 2.82. The monoisotopic (exact) mass is 272 g/mol. The first kappa shape index (κ1) is 9.82. The van der Waals surface area contributed by atoms with Crippen molar-refractivity contribution in [2.45, 2.75) is 6.54 Å². The van der Waals surface area contributed by atoms with Crippen LogP contribution in [0.5, 0.6) is 0 Å². The van der Waals surface area contributed by atoms with Crippen molar-refractivity contribution in [1.82, 2.24) is 15.0 Å². The van der Waals surface area contributed by atoms with Gasteiger partial charge in [0.05, 0.1) is 4.88 Å². The zero-order valence-corrected chi connectivity index (χ0v) is 9.97. The van der Waals surface area contributed by atoms with Gasteiger partial charge < -0.3 is 5.73 Å². The van der Waals surface area contributed by atoms with Crippen LogP contribution >= 0.6 is 27.3 Å². The number of nitrogens with zero attached hydrogens (tertiary/aromatic N) is 3. The third kappa shape index (κ3) is 1.60. The van der Waals surface area contributed by atoms with Gasteiger partial charge in [0, 0.05) is 18.5 Å². The number of aromatic nitrogens is 3. The number of hydrogen-bond donors (Lipinski definition) is 1. The highest BCUT2D eigenvalue weighted by atomic mass is 79.9. The van der Waals surface area contributed by atoms with Crippen LogP contribution in [0.25, 0.3) is 10.6 Å². The molecule has 74 valence electrons. The van der Waals surface area contributed by atoms with Gasteiger partial charge in [-0.05, 0) is 28.1 Å². The molecule has 0 saturated heterocycles. The molecule has 6 heteroatoms. The number of halogens is 1. The molecule has 0 aliphatic heterocycles. The molecule has 0 unspecified atom stereocenters. The first-order valence-electron chi connectivity index (χ1n) is 4.06. The van der Waals surface area contributed by atoms with E-state index >= 15 is 0 Å². The predicted molar refractivity (Wildman–Crippen MR) is 59.9 cm³/mol. The lowest BCUT2D eigenvalue weighted by Crippen LogP contribution is -1.92. The summed E-state index contributed by atoms with van der Waals surface area (Å²) in [6, 6.07) is 4.07. The average Bonchev–Trinajstić information content (AvgIpc) is 2.73. The molecule has 0 amide bonds. The van der Waals surface area contributed by atoms with Gasteiger partial charge >= 0.3 is 0 Å². The topological polar surface area (TPSA) is 56.7 Å². The number of aryl methyl sites for hydroxylation is 1. The van der Waals surface area contributed by atoms with Crippen LogP contribution in [0.4, 0.5) is 0 Å². The van der Waals surface area contributed by atoms with E-state index in [4.69, 9.17) is 5.73 Å². The number of hydrogen-bond acceptors (Lipinski definition) is 4. The molecule has 0 aliphatic carbocycles. The van der Waals surface area contributed by atoms with Crippen molar-refractivity contribution < 1.29 is 0 Å². The van der Waals surface area contributed by atoms with Gasteiger partial charge in [-0.25, -0.2) is 4.68 Å². The Morgan fingerprint density at radius 3 is 2.86 bits per heavy atom. The van der Waals surface area contributed by atoms with Crippen molar-refractivity contribution in [2.24, 2.45) is 12.8 Å². The molecule has 2 rings (SSSR count). The highest BCUT2D eigenvalue weighted by Gasteiger charge is 2.12. The highest BCUT2D eigenvalue weighted by molar-refractivity contribution is 9.10. The molecule has 0 saturated carbocycles. The molecule has 2 aromatic heterocycles. The third-order valence-electron chi connectivity index (χ3n) is 1.88. The second kappa shape index (κ2) is 3.80. The smallest absolute Gasteiger partial charge is 0.157 e. The molecular weight excluding hydrogens is 264 g/mol. The van der Waals surface area contributed by atoms with E-state index in [-0.39, 0.29) is 0 Å². The van der Waals surface area contributed by atoms with Crippen LogP contribution in [-0.4, -0.2) is 15.0 Å². The van der Waals surface area contributed by atoms with Crippen molar-refractivity contribution in [2.75, 3.05) is 0 Å². The molecule has 0 aliphatic rings. The Morgan fingerprint density at radius 1 is 1.57 bits per heavy atom. The standard InChI is InChI=1S/C8H9BrN4S/c1-13-7(8(9)11-12-13)6-3-2-5(4-10)14-6/h2-3H,4,10H2,1H3. The molecule has 0 bridgehead atoms. The van der Waals surface area contributed by atoms with Gasteiger partial charge in [-0.2, -0.15) is 0 Å². The fraction of sp³-hybridized carbons (Fsp3) is 0.250. The van der Waals surface area contributed by atoms with Gasteiger partial charge in [0.15, 0.2) is 4.60 Å². The fourth-order valence-corrected chi connectivity index (χ4v) is 2.84. The van der Waals surface area contributed by atoms with Crippen LogP contribution in [0.3, 0.4) is 0 Å². The first-order chi connectivity index (χ1) is 6.72. The summed E-state index contributed by atoms with van der Waals surface area (Å²) in [4.78, 5) is 2.29. The van der Waals surface area contributed by atoms with E-state index in [1.165, 1.54) is 0 Å². The van der Waals surface area contributed by atoms with E-state index in [0.29, 0.717) is 6.54 Å². The van der Waals surface area contributed by atoms with E-state index in [1.54, 1.807) is 16.0 Å². The molecule has 2 N–H and O–H groups in total. The zero-order chi connectivity index (χ0) is 10.1. The Bertz CT molecular complexity index is 428. The molecule has 0 atom stereocenters. The molecule has 0 fully saturated rings. The van der Waals surface area contributed by atoms with Gasteiger partial charge in [0.1, 0.15) is 5.69 Å². The number of nitrogens with two attached hydrogens (primary N) is 1. The summed E-state index contributed by atoms with van der Waals surface area (Å²) < 4.78 is 2.52. The van der Waals surface area contributed by atoms with Crippen molar-refractivity contribution in [3.05, 3.63) is 21.6 Å². The van der Waals surface area contributed by atoms with Crippen LogP contribution in [0, 0.1) is 0 Å². The molecule has 0 spiro atoms. The summed E-state index contributed by atoms with van der Waals surface area (Å²) in [7, 11) is 1.87. The lowest BCUT2D eigenvalue weighted by atomic mass is 10.3. The maximum Gasteiger partial charge on any atom is 0.157 e. The van der Waals surface area contributed by atoms with Crippen LogP contribution in [-0.2, 0) is 13.6 Å². The lowest BCUT2D eigenvalue weighted by molar-refractivity contribution is 0.721. The van der Waals surface area contributed by atoms with E-state index in [0.717, 1.165) is 20.1 Å². The van der Waals surface area contributed by atoms with Crippen LogP contribution in [0.1, 0.15) is 4.88 Å². The fourth-order valence-electron chi connectivity index (χ4n) is 1.21. The maximum atomic E-state index is 5.55. The quantitative estimate of drug-likeness (QED) is 0.907. The summed E-state index contributed by atoms with van der Waals surface area (Å²) in [5.41, 5.74) is 6.55. The normalized spacial score (nSPS) is 10.8. The Kier molecular flexibility index (Phi) is 2.66. The Labute approximate surface area is 93.9 Å². The first-order valence-corrected chi connectivity index (χ1v) is 5.67. The minimum atomic E-state index is 0.577. The summed E-state index contributed by atoms with van der Waals surface area (Å²) in [5, 5.41) is 7.86. The SMILES string of the molecule is Cn1nnc(Br)c1-c1ccc(CN)s1. The molecule has 14 heavy (non-hydrogen) atoms. The van der Waals surface area contributed by atoms with Crippen molar-refractivity contribution >= 4 is 27.3 Å². The third-order valence-corrected chi connectivity index (χ3v) is 3.53. The average molecular weight is 273 g/mol.